The van der Waals surface area contributed by atoms with E-state index < -0.39 is 0 Å². The zero-order valence-corrected chi connectivity index (χ0v) is 11.8. The van der Waals surface area contributed by atoms with Crippen LogP contribution >= 0.6 is 27.3 Å². The Kier molecular flexibility index (Phi) is 4.15. The van der Waals surface area contributed by atoms with Crippen molar-refractivity contribution in [1.82, 2.24) is 4.98 Å². The number of nitrogens with two attached hydrogens (primary N) is 1. The second-order valence-electron chi connectivity index (χ2n) is 3.67. The van der Waals surface area contributed by atoms with Gasteiger partial charge in [0.2, 0.25) is 0 Å². The summed E-state index contributed by atoms with van der Waals surface area (Å²) in [5.41, 5.74) is 7.13. The first kappa shape index (κ1) is 12.5. The van der Waals surface area contributed by atoms with Crippen LogP contribution in [-0.4, -0.2) is 12.1 Å². The number of thiophene rings is 1. The van der Waals surface area contributed by atoms with Crippen molar-refractivity contribution in [2.24, 2.45) is 5.73 Å². The summed E-state index contributed by atoms with van der Waals surface area (Å²) in [6.45, 7) is 0. The van der Waals surface area contributed by atoms with Crippen LogP contribution in [0.3, 0.4) is 0 Å². The van der Waals surface area contributed by atoms with Crippen molar-refractivity contribution in [2.45, 2.75) is 12.5 Å². The highest BCUT2D eigenvalue weighted by atomic mass is 79.9. The molecule has 0 amide bonds. The molecule has 0 aromatic carbocycles. The summed E-state index contributed by atoms with van der Waals surface area (Å²) in [5, 5.41) is 1.96. The Bertz CT molecular complexity index is 484. The Morgan fingerprint density at radius 2 is 2.35 bits per heavy atom. The predicted octanol–water partition coefficient (Wildman–Crippen LogP) is 3.16. The number of methoxy groups -OCH3 is 1. The lowest BCUT2D eigenvalue weighted by Gasteiger charge is -2.08. The van der Waals surface area contributed by atoms with E-state index in [2.05, 4.69) is 20.9 Å². The normalized spacial score (nSPS) is 12.4. The molecule has 17 heavy (non-hydrogen) atoms. The van der Waals surface area contributed by atoms with Gasteiger partial charge in [0.05, 0.1) is 7.11 Å². The Hall–Kier alpha value is -0.910. The van der Waals surface area contributed by atoms with E-state index in [1.165, 1.54) is 0 Å². The van der Waals surface area contributed by atoms with Crippen LogP contribution in [-0.2, 0) is 6.42 Å². The van der Waals surface area contributed by atoms with Crippen LogP contribution in [0.25, 0.3) is 0 Å². The summed E-state index contributed by atoms with van der Waals surface area (Å²) >= 11 is 4.98. The van der Waals surface area contributed by atoms with Gasteiger partial charge in [0.1, 0.15) is 5.75 Å². The van der Waals surface area contributed by atoms with Gasteiger partial charge in [-0.15, -0.1) is 11.3 Å². The monoisotopic (exact) mass is 312 g/mol. The number of ether oxygens (including phenoxy) is 1. The maximum Gasteiger partial charge on any atom is 0.129 e. The molecule has 0 bridgehead atoms. The van der Waals surface area contributed by atoms with Gasteiger partial charge in [0.15, 0.2) is 0 Å². The molecule has 1 atom stereocenters. The second-order valence-corrected chi connectivity index (χ2v) is 5.53. The minimum atomic E-state index is -0.0300. The van der Waals surface area contributed by atoms with Gasteiger partial charge in [-0.1, -0.05) is 0 Å². The molecule has 0 aliphatic rings. The third kappa shape index (κ3) is 3.28. The molecular weight excluding hydrogens is 300 g/mol. The van der Waals surface area contributed by atoms with Crippen LogP contribution < -0.4 is 10.5 Å². The quantitative estimate of drug-likeness (QED) is 0.943. The van der Waals surface area contributed by atoms with Crippen molar-refractivity contribution < 1.29 is 4.74 Å². The fourth-order valence-electron chi connectivity index (χ4n) is 1.49. The predicted molar refractivity (Wildman–Crippen MR) is 73.4 cm³/mol. The molecule has 0 saturated heterocycles. The van der Waals surface area contributed by atoms with E-state index in [4.69, 9.17) is 10.5 Å². The molecule has 0 saturated carbocycles. The largest absolute Gasteiger partial charge is 0.496 e. The molecule has 2 aromatic rings. The van der Waals surface area contributed by atoms with E-state index in [1.54, 1.807) is 24.6 Å². The third-order valence-electron chi connectivity index (χ3n) is 2.41. The summed E-state index contributed by atoms with van der Waals surface area (Å²) in [5.74, 6) is 0.865. The SMILES string of the molecule is COc1csc(C(N)Cc2ccc(Br)cn2)c1. The van der Waals surface area contributed by atoms with E-state index in [9.17, 15) is 0 Å². The summed E-state index contributed by atoms with van der Waals surface area (Å²) in [6.07, 6.45) is 2.52. The minimum Gasteiger partial charge on any atom is -0.496 e. The Morgan fingerprint density at radius 1 is 1.53 bits per heavy atom. The average Bonchev–Trinajstić information content (AvgIpc) is 2.81. The van der Waals surface area contributed by atoms with Gasteiger partial charge in [-0.3, -0.25) is 4.98 Å². The van der Waals surface area contributed by atoms with Crippen molar-refractivity contribution in [3.63, 3.8) is 0 Å². The molecule has 2 rings (SSSR count). The number of nitrogens with zero attached hydrogens (tertiary/aromatic N) is 1. The van der Waals surface area contributed by atoms with Crippen molar-refractivity contribution >= 4 is 27.3 Å². The van der Waals surface area contributed by atoms with E-state index in [0.29, 0.717) is 0 Å². The molecule has 0 fully saturated rings. The number of pyridine rings is 1. The van der Waals surface area contributed by atoms with Crippen LogP contribution in [0.5, 0.6) is 5.75 Å². The van der Waals surface area contributed by atoms with Gasteiger partial charge in [0, 0.05) is 39.1 Å². The molecule has 90 valence electrons. The first-order chi connectivity index (χ1) is 8.19. The van der Waals surface area contributed by atoms with Gasteiger partial charge in [-0.05, 0) is 34.1 Å². The molecule has 0 aliphatic heterocycles. The van der Waals surface area contributed by atoms with Gasteiger partial charge < -0.3 is 10.5 Å². The second kappa shape index (κ2) is 5.62. The fraction of sp³-hybridized carbons (Fsp3) is 0.250. The zero-order valence-electron chi connectivity index (χ0n) is 9.39. The molecule has 1 unspecified atom stereocenters. The molecule has 2 heterocycles. The molecule has 2 N–H and O–H groups in total. The van der Waals surface area contributed by atoms with E-state index in [-0.39, 0.29) is 6.04 Å². The van der Waals surface area contributed by atoms with Crippen LogP contribution in [0.15, 0.2) is 34.2 Å². The van der Waals surface area contributed by atoms with Crippen molar-refractivity contribution in [3.8, 4) is 5.75 Å². The number of rotatable bonds is 4. The summed E-state index contributed by atoms with van der Waals surface area (Å²) in [7, 11) is 1.66. The summed E-state index contributed by atoms with van der Waals surface area (Å²) < 4.78 is 6.12. The number of aromatic nitrogens is 1. The van der Waals surface area contributed by atoms with Crippen molar-refractivity contribution in [2.75, 3.05) is 7.11 Å². The standard InChI is InChI=1S/C12H13BrN2OS/c1-16-10-5-12(17-7-10)11(14)4-9-3-2-8(13)6-15-9/h2-3,5-7,11H,4,14H2,1H3. The summed E-state index contributed by atoms with van der Waals surface area (Å²) in [6, 6.07) is 5.91. The van der Waals surface area contributed by atoms with E-state index >= 15 is 0 Å². The molecule has 0 aliphatic carbocycles. The lowest BCUT2D eigenvalue weighted by molar-refractivity contribution is 0.416. The lowest BCUT2D eigenvalue weighted by Crippen LogP contribution is -2.12. The van der Waals surface area contributed by atoms with Gasteiger partial charge in [-0.25, -0.2) is 0 Å². The van der Waals surface area contributed by atoms with E-state index in [0.717, 1.165) is 27.2 Å². The van der Waals surface area contributed by atoms with Crippen LogP contribution in [0.1, 0.15) is 16.6 Å². The zero-order chi connectivity index (χ0) is 12.3. The van der Waals surface area contributed by atoms with Gasteiger partial charge in [0.25, 0.3) is 0 Å². The third-order valence-corrected chi connectivity index (χ3v) is 3.93. The van der Waals surface area contributed by atoms with Crippen LogP contribution in [0, 0.1) is 0 Å². The molecule has 0 radical (unpaired) electrons. The topological polar surface area (TPSA) is 48.1 Å². The van der Waals surface area contributed by atoms with Crippen molar-refractivity contribution in [3.05, 3.63) is 44.8 Å². The maximum atomic E-state index is 6.14. The first-order valence-electron chi connectivity index (χ1n) is 5.17. The smallest absolute Gasteiger partial charge is 0.129 e. The average molecular weight is 313 g/mol. The highest BCUT2D eigenvalue weighted by molar-refractivity contribution is 9.10. The molecular formula is C12H13BrN2OS. The Balaban J connectivity index is 2.05. The molecule has 3 nitrogen and oxygen atoms in total. The first-order valence-corrected chi connectivity index (χ1v) is 6.84. The van der Waals surface area contributed by atoms with Crippen LogP contribution in [0.4, 0.5) is 0 Å². The highest BCUT2D eigenvalue weighted by Crippen LogP contribution is 2.27. The Morgan fingerprint density at radius 3 is 2.94 bits per heavy atom. The highest BCUT2D eigenvalue weighted by Gasteiger charge is 2.11. The van der Waals surface area contributed by atoms with Gasteiger partial charge >= 0.3 is 0 Å². The molecule has 5 heteroatoms. The fourth-order valence-corrected chi connectivity index (χ4v) is 2.58. The minimum absolute atomic E-state index is 0.0300. The Labute approximate surface area is 113 Å². The number of hydrogen-bond acceptors (Lipinski definition) is 4. The molecule has 0 spiro atoms. The lowest BCUT2D eigenvalue weighted by atomic mass is 10.1. The maximum absolute atomic E-state index is 6.14. The van der Waals surface area contributed by atoms with Crippen LogP contribution in [0.2, 0.25) is 0 Å². The summed E-state index contributed by atoms with van der Waals surface area (Å²) in [4.78, 5) is 5.43. The molecule has 2 aromatic heterocycles. The number of halogens is 1. The van der Waals surface area contributed by atoms with Gasteiger partial charge in [-0.2, -0.15) is 0 Å². The van der Waals surface area contributed by atoms with Crippen molar-refractivity contribution in [1.29, 1.82) is 0 Å². The number of hydrogen-bond donors (Lipinski definition) is 1. The van der Waals surface area contributed by atoms with E-state index in [1.807, 2.05) is 23.6 Å².